The molecule has 2 heterocycles. The molecule has 1 saturated carbocycles. The van der Waals surface area contributed by atoms with Crippen molar-refractivity contribution in [1.82, 2.24) is 9.97 Å². The van der Waals surface area contributed by atoms with E-state index in [-0.39, 0.29) is 11.7 Å². The standard InChI is InChI=1S/C20H19F2N3O3/c21-15-6-5-12(19(23)27)17(22)16(15)18(26)14-9-25-20-13(14)7-11(8-24-20)28-10-3-1-2-4-10/h5-10,18,26H,1-4H2,(H2,23,27)(H,24,25). The molecule has 0 radical (unpaired) electrons. The Morgan fingerprint density at radius 3 is 2.79 bits per heavy atom. The molecular formula is C20H19F2N3O3. The van der Waals surface area contributed by atoms with Gasteiger partial charge in [0.1, 0.15) is 29.1 Å². The number of primary amides is 1. The van der Waals surface area contributed by atoms with E-state index >= 15 is 0 Å². The topological polar surface area (TPSA) is 101 Å². The summed E-state index contributed by atoms with van der Waals surface area (Å²) in [5.74, 6) is -2.67. The minimum Gasteiger partial charge on any atom is -0.489 e. The number of hydrogen-bond donors (Lipinski definition) is 3. The highest BCUT2D eigenvalue weighted by atomic mass is 19.1. The highest BCUT2D eigenvalue weighted by molar-refractivity contribution is 5.93. The Kier molecular flexibility index (Phi) is 4.72. The molecule has 1 fully saturated rings. The zero-order chi connectivity index (χ0) is 19.8. The van der Waals surface area contributed by atoms with Gasteiger partial charge in [0.15, 0.2) is 0 Å². The van der Waals surface area contributed by atoms with Crippen LogP contribution in [0.3, 0.4) is 0 Å². The number of amides is 1. The van der Waals surface area contributed by atoms with Gasteiger partial charge in [0.05, 0.1) is 23.4 Å². The number of fused-ring (bicyclic) bond motifs is 1. The Balaban J connectivity index is 1.74. The molecule has 0 aliphatic heterocycles. The van der Waals surface area contributed by atoms with Crippen molar-refractivity contribution >= 4 is 16.9 Å². The molecule has 1 aromatic carbocycles. The lowest BCUT2D eigenvalue weighted by molar-refractivity contribution is 0.0995. The monoisotopic (exact) mass is 387 g/mol. The van der Waals surface area contributed by atoms with Gasteiger partial charge < -0.3 is 20.6 Å². The summed E-state index contributed by atoms with van der Waals surface area (Å²) in [4.78, 5) is 18.5. The van der Waals surface area contributed by atoms with E-state index in [0.29, 0.717) is 16.8 Å². The minimum atomic E-state index is -1.66. The van der Waals surface area contributed by atoms with Crippen molar-refractivity contribution in [3.8, 4) is 5.75 Å². The Labute approximate surface area is 159 Å². The fourth-order valence-electron chi connectivity index (χ4n) is 3.66. The summed E-state index contributed by atoms with van der Waals surface area (Å²) in [5, 5.41) is 11.2. The van der Waals surface area contributed by atoms with Gasteiger partial charge in [0, 0.05) is 17.1 Å². The zero-order valence-corrected chi connectivity index (χ0v) is 14.9. The summed E-state index contributed by atoms with van der Waals surface area (Å²) in [5.41, 5.74) is 4.66. The molecular weight excluding hydrogens is 368 g/mol. The maximum Gasteiger partial charge on any atom is 0.251 e. The van der Waals surface area contributed by atoms with Gasteiger partial charge >= 0.3 is 0 Å². The van der Waals surface area contributed by atoms with Crippen LogP contribution in [0.4, 0.5) is 8.78 Å². The zero-order valence-electron chi connectivity index (χ0n) is 14.9. The number of carbonyl (C=O) groups excluding carboxylic acids is 1. The van der Waals surface area contributed by atoms with E-state index < -0.39 is 34.8 Å². The Morgan fingerprint density at radius 2 is 2.07 bits per heavy atom. The van der Waals surface area contributed by atoms with Crippen molar-refractivity contribution in [3.63, 3.8) is 0 Å². The normalized spacial score (nSPS) is 15.8. The number of hydrogen-bond acceptors (Lipinski definition) is 4. The van der Waals surface area contributed by atoms with Crippen LogP contribution in [-0.2, 0) is 0 Å². The van der Waals surface area contributed by atoms with E-state index in [1.807, 2.05) is 0 Å². The second-order valence-electron chi connectivity index (χ2n) is 6.92. The predicted octanol–water partition coefficient (Wildman–Crippen LogP) is 3.34. The predicted molar refractivity (Wildman–Crippen MR) is 97.9 cm³/mol. The first-order chi connectivity index (χ1) is 13.5. The van der Waals surface area contributed by atoms with Gasteiger partial charge in [-0.1, -0.05) is 0 Å². The number of H-pyrrole nitrogens is 1. The van der Waals surface area contributed by atoms with Crippen LogP contribution in [-0.4, -0.2) is 27.1 Å². The molecule has 146 valence electrons. The van der Waals surface area contributed by atoms with Crippen molar-refractivity contribution in [3.05, 3.63) is 58.9 Å². The van der Waals surface area contributed by atoms with Crippen LogP contribution in [0, 0.1) is 11.6 Å². The maximum absolute atomic E-state index is 14.6. The Bertz CT molecular complexity index is 1040. The number of carbonyl (C=O) groups is 1. The van der Waals surface area contributed by atoms with Crippen LogP contribution in [0.15, 0.2) is 30.6 Å². The molecule has 0 saturated heterocycles. The molecule has 0 bridgehead atoms. The van der Waals surface area contributed by atoms with E-state index in [0.717, 1.165) is 37.8 Å². The summed E-state index contributed by atoms with van der Waals surface area (Å²) in [6.07, 6.45) is 5.63. The first-order valence-electron chi connectivity index (χ1n) is 9.05. The van der Waals surface area contributed by atoms with Crippen molar-refractivity contribution in [2.75, 3.05) is 0 Å². The minimum absolute atomic E-state index is 0.119. The summed E-state index contributed by atoms with van der Waals surface area (Å²) < 4.78 is 34.8. The Morgan fingerprint density at radius 1 is 1.32 bits per heavy atom. The second kappa shape index (κ2) is 7.20. The van der Waals surface area contributed by atoms with Crippen LogP contribution in [0.1, 0.15) is 53.3 Å². The molecule has 4 rings (SSSR count). The highest BCUT2D eigenvalue weighted by Crippen LogP contribution is 2.34. The summed E-state index contributed by atoms with van der Waals surface area (Å²) in [7, 11) is 0. The molecule has 6 nitrogen and oxygen atoms in total. The first-order valence-corrected chi connectivity index (χ1v) is 9.05. The molecule has 8 heteroatoms. The number of rotatable bonds is 5. The average molecular weight is 387 g/mol. The third-order valence-corrected chi connectivity index (χ3v) is 5.10. The average Bonchev–Trinajstić information content (AvgIpc) is 3.30. The molecule has 1 aliphatic rings. The van der Waals surface area contributed by atoms with Gasteiger partial charge in [-0.05, 0) is 43.9 Å². The van der Waals surface area contributed by atoms with Gasteiger partial charge in [-0.15, -0.1) is 0 Å². The fourth-order valence-corrected chi connectivity index (χ4v) is 3.66. The molecule has 1 atom stereocenters. The number of nitrogens with two attached hydrogens (primary N) is 1. The number of nitrogens with one attached hydrogen (secondary N) is 1. The first kappa shape index (κ1) is 18.4. The van der Waals surface area contributed by atoms with Crippen molar-refractivity contribution < 1.29 is 23.4 Å². The Hall–Kier alpha value is -3.00. The van der Waals surface area contributed by atoms with Crippen molar-refractivity contribution in [2.45, 2.75) is 37.9 Å². The SMILES string of the molecule is NC(=O)c1ccc(F)c(C(O)c2c[nH]c3ncc(OC4CCCC4)cc23)c1F. The van der Waals surface area contributed by atoms with Crippen molar-refractivity contribution in [1.29, 1.82) is 0 Å². The third kappa shape index (κ3) is 3.20. The fraction of sp³-hybridized carbons (Fsp3) is 0.300. The van der Waals surface area contributed by atoms with Crippen molar-refractivity contribution in [2.24, 2.45) is 5.73 Å². The third-order valence-electron chi connectivity index (χ3n) is 5.10. The van der Waals surface area contributed by atoms with Crippen LogP contribution in [0.2, 0.25) is 0 Å². The molecule has 1 unspecified atom stereocenters. The van der Waals surface area contributed by atoms with Crippen LogP contribution >= 0.6 is 0 Å². The molecule has 1 amide bonds. The van der Waals surface area contributed by atoms with Crippen LogP contribution < -0.4 is 10.5 Å². The highest BCUT2D eigenvalue weighted by Gasteiger charge is 2.26. The van der Waals surface area contributed by atoms with E-state index in [1.54, 1.807) is 12.3 Å². The molecule has 0 spiro atoms. The lowest BCUT2D eigenvalue weighted by Crippen LogP contribution is -2.16. The molecule has 1 aliphatic carbocycles. The number of halogens is 2. The van der Waals surface area contributed by atoms with Gasteiger partial charge in [-0.25, -0.2) is 13.8 Å². The van der Waals surface area contributed by atoms with E-state index in [4.69, 9.17) is 10.5 Å². The number of aliphatic hydroxyl groups is 1. The quantitative estimate of drug-likeness (QED) is 0.625. The second-order valence-corrected chi connectivity index (χ2v) is 6.92. The maximum atomic E-state index is 14.6. The number of benzene rings is 1. The summed E-state index contributed by atoms with van der Waals surface area (Å²) in [6.45, 7) is 0. The van der Waals surface area contributed by atoms with Gasteiger partial charge in [0.2, 0.25) is 0 Å². The molecule has 2 aromatic heterocycles. The lowest BCUT2D eigenvalue weighted by atomic mass is 9.98. The molecule has 4 N–H and O–H groups in total. The largest absolute Gasteiger partial charge is 0.489 e. The van der Waals surface area contributed by atoms with E-state index in [1.165, 1.54) is 6.20 Å². The van der Waals surface area contributed by atoms with Gasteiger partial charge in [-0.2, -0.15) is 0 Å². The van der Waals surface area contributed by atoms with Gasteiger partial charge in [0.25, 0.3) is 5.91 Å². The molecule has 28 heavy (non-hydrogen) atoms. The van der Waals surface area contributed by atoms with E-state index in [9.17, 15) is 18.7 Å². The van der Waals surface area contributed by atoms with Gasteiger partial charge in [-0.3, -0.25) is 4.79 Å². The number of aromatic nitrogens is 2. The number of nitrogens with zero attached hydrogens (tertiary/aromatic N) is 1. The number of ether oxygens (including phenoxy) is 1. The van der Waals surface area contributed by atoms with Crippen LogP contribution in [0.5, 0.6) is 5.75 Å². The lowest BCUT2D eigenvalue weighted by Gasteiger charge is -2.15. The summed E-state index contributed by atoms with van der Waals surface area (Å²) >= 11 is 0. The number of aliphatic hydroxyl groups excluding tert-OH is 1. The van der Waals surface area contributed by atoms with E-state index in [2.05, 4.69) is 9.97 Å². The smallest absolute Gasteiger partial charge is 0.251 e. The summed E-state index contributed by atoms with van der Waals surface area (Å²) in [6, 6.07) is 3.54. The van der Waals surface area contributed by atoms with Crippen LogP contribution in [0.25, 0.3) is 11.0 Å². The number of aromatic amines is 1. The number of pyridine rings is 1. The molecule has 3 aromatic rings.